The predicted octanol–water partition coefficient (Wildman–Crippen LogP) is 3.79. The number of benzene rings is 1. The summed E-state index contributed by atoms with van der Waals surface area (Å²) in [5, 5.41) is 6.53. The molecule has 0 saturated heterocycles. The Morgan fingerprint density at radius 1 is 1.28 bits per heavy atom. The van der Waals surface area contributed by atoms with Gasteiger partial charge in [0, 0.05) is 36.6 Å². The molecule has 0 saturated carbocycles. The van der Waals surface area contributed by atoms with Crippen LogP contribution in [0.3, 0.4) is 0 Å². The minimum absolute atomic E-state index is 0. The molecule has 8 heteroatoms. The van der Waals surface area contributed by atoms with Crippen LogP contribution in [-0.2, 0) is 24.9 Å². The molecule has 2 heterocycles. The van der Waals surface area contributed by atoms with Crippen molar-refractivity contribution in [2.45, 2.75) is 58.7 Å². The van der Waals surface area contributed by atoms with Gasteiger partial charge in [0.2, 0.25) is 5.89 Å². The Hall–Kier alpha value is -1.97. The molecule has 1 aliphatic heterocycles. The highest BCUT2D eigenvalue weighted by molar-refractivity contribution is 14.0. The molecule has 1 aromatic carbocycles. The van der Waals surface area contributed by atoms with Crippen LogP contribution in [0.5, 0.6) is 11.5 Å². The first-order valence-corrected chi connectivity index (χ1v) is 9.56. The molecule has 0 aliphatic carbocycles. The number of halogens is 1. The van der Waals surface area contributed by atoms with Crippen LogP contribution >= 0.6 is 24.0 Å². The van der Waals surface area contributed by atoms with Crippen LogP contribution < -0.4 is 20.1 Å². The van der Waals surface area contributed by atoms with Crippen LogP contribution in [0, 0.1) is 0 Å². The minimum Gasteiger partial charge on any atom is -0.496 e. The van der Waals surface area contributed by atoms with Crippen LogP contribution in [0.1, 0.15) is 50.5 Å². The van der Waals surface area contributed by atoms with Crippen molar-refractivity contribution in [3.8, 4) is 11.5 Å². The summed E-state index contributed by atoms with van der Waals surface area (Å²) in [6.07, 6.45) is 2.90. The third-order valence-corrected chi connectivity index (χ3v) is 4.67. The van der Waals surface area contributed by atoms with Gasteiger partial charge in [0.25, 0.3) is 0 Å². The Labute approximate surface area is 189 Å². The van der Waals surface area contributed by atoms with Crippen LogP contribution in [0.4, 0.5) is 0 Å². The largest absolute Gasteiger partial charge is 0.496 e. The molecule has 7 nitrogen and oxygen atoms in total. The van der Waals surface area contributed by atoms with Crippen molar-refractivity contribution in [1.29, 1.82) is 0 Å². The topological polar surface area (TPSA) is 80.9 Å². The highest BCUT2D eigenvalue weighted by Gasteiger charge is 2.22. The maximum absolute atomic E-state index is 5.87. The summed E-state index contributed by atoms with van der Waals surface area (Å²) in [5.74, 6) is 3.94. The van der Waals surface area contributed by atoms with Gasteiger partial charge in [-0.05, 0) is 19.1 Å². The first-order chi connectivity index (χ1) is 13.3. The number of hydrogen-bond acceptors (Lipinski definition) is 5. The zero-order valence-corrected chi connectivity index (χ0v) is 20.3. The number of oxazole rings is 1. The van der Waals surface area contributed by atoms with Gasteiger partial charge in [0.1, 0.15) is 23.4 Å². The number of methoxy groups -OCH3 is 1. The van der Waals surface area contributed by atoms with Crippen LogP contribution in [0.2, 0.25) is 0 Å². The number of fused-ring (bicyclic) bond motifs is 1. The van der Waals surface area contributed by atoms with E-state index >= 15 is 0 Å². The number of ether oxygens (including phenoxy) is 2. The SMILES string of the molecule is CN=C(NCc1ncc(C(C)(C)C)o1)NCc1cc2c(cc1OC)CC(C)O2.I. The molecule has 160 valence electrons. The molecule has 29 heavy (non-hydrogen) atoms. The third kappa shape index (κ3) is 5.77. The van der Waals surface area contributed by atoms with E-state index in [1.165, 1.54) is 5.56 Å². The Morgan fingerprint density at radius 2 is 2.00 bits per heavy atom. The molecule has 0 amide bonds. The quantitative estimate of drug-likeness (QED) is 0.359. The zero-order valence-electron chi connectivity index (χ0n) is 18.0. The predicted molar refractivity (Wildman–Crippen MR) is 124 cm³/mol. The van der Waals surface area contributed by atoms with Gasteiger partial charge in [0.05, 0.1) is 19.9 Å². The standard InChI is InChI=1S/C21H30N4O3.HI/c1-13-7-14-8-16(26-6)15(9-17(14)27-13)10-24-20(22-5)25-12-19-23-11-18(28-19)21(2,3)4;/h8-9,11,13H,7,10,12H2,1-6H3,(H2,22,24,25);1H. The van der Waals surface area contributed by atoms with E-state index in [2.05, 4.69) is 54.4 Å². The van der Waals surface area contributed by atoms with Gasteiger partial charge in [-0.3, -0.25) is 4.99 Å². The second-order valence-electron chi connectivity index (χ2n) is 8.05. The third-order valence-electron chi connectivity index (χ3n) is 4.67. The van der Waals surface area contributed by atoms with Crippen molar-refractivity contribution < 1.29 is 13.9 Å². The molecule has 2 N–H and O–H groups in total. The van der Waals surface area contributed by atoms with Gasteiger partial charge in [-0.1, -0.05) is 20.8 Å². The molecule has 3 rings (SSSR count). The van der Waals surface area contributed by atoms with Crippen molar-refractivity contribution in [2.75, 3.05) is 14.2 Å². The first kappa shape index (κ1) is 23.3. The van der Waals surface area contributed by atoms with Gasteiger partial charge in [-0.25, -0.2) is 4.98 Å². The van der Waals surface area contributed by atoms with E-state index < -0.39 is 0 Å². The van der Waals surface area contributed by atoms with E-state index in [0.29, 0.717) is 24.9 Å². The van der Waals surface area contributed by atoms with Crippen molar-refractivity contribution in [3.63, 3.8) is 0 Å². The number of guanidine groups is 1. The van der Waals surface area contributed by atoms with E-state index in [4.69, 9.17) is 13.9 Å². The molecule has 0 radical (unpaired) electrons. The molecule has 0 spiro atoms. The second-order valence-corrected chi connectivity index (χ2v) is 8.05. The molecule has 1 aliphatic rings. The molecule has 1 aromatic heterocycles. The normalized spacial score (nSPS) is 15.9. The Morgan fingerprint density at radius 3 is 2.62 bits per heavy atom. The monoisotopic (exact) mass is 514 g/mol. The highest BCUT2D eigenvalue weighted by atomic mass is 127. The molecule has 1 unspecified atom stereocenters. The number of hydrogen-bond donors (Lipinski definition) is 2. The lowest BCUT2D eigenvalue weighted by molar-refractivity contribution is 0.254. The van der Waals surface area contributed by atoms with Crippen molar-refractivity contribution >= 4 is 29.9 Å². The van der Waals surface area contributed by atoms with Crippen LogP contribution in [0.15, 0.2) is 27.7 Å². The Bertz CT molecular complexity index is 858. The average molecular weight is 514 g/mol. The van der Waals surface area contributed by atoms with Gasteiger partial charge in [-0.2, -0.15) is 0 Å². The molecule has 2 aromatic rings. The minimum atomic E-state index is -0.0606. The number of aromatic nitrogens is 1. The molecular weight excluding hydrogens is 483 g/mol. The molecule has 0 fully saturated rings. The fourth-order valence-corrected chi connectivity index (χ4v) is 3.11. The van der Waals surface area contributed by atoms with E-state index in [1.807, 2.05) is 6.07 Å². The van der Waals surface area contributed by atoms with Crippen molar-refractivity contribution in [1.82, 2.24) is 15.6 Å². The number of aliphatic imine (C=N–C) groups is 1. The fraction of sp³-hybridized carbons (Fsp3) is 0.524. The van der Waals surface area contributed by atoms with E-state index in [-0.39, 0.29) is 35.5 Å². The van der Waals surface area contributed by atoms with Gasteiger partial charge >= 0.3 is 0 Å². The summed E-state index contributed by atoms with van der Waals surface area (Å²) in [6.45, 7) is 9.38. The summed E-state index contributed by atoms with van der Waals surface area (Å²) in [6, 6.07) is 4.11. The van der Waals surface area contributed by atoms with Gasteiger partial charge in [-0.15, -0.1) is 24.0 Å². The zero-order chi connectivity index (χ0) is 20.3. The number of nitrogens with zero attached hydrogens (tertiary/aromatic N) is 2. The van der Waals surface area contributed by atoms with E-state index in [0.717, 1.165) is 29.2 Å². The molecule has 1 atom stereocenters. The number of rotatable bonds is 5. The van der Waals surface area contributed by atoms with Crippen LogP contribution in [-0.4, -0.2) is 31.2 Å². The summed E-state index contributed by atoms with van der Waals surface area (Å²) < 4.78 is 17.2. The number of nitrogens with one attached hydrogen (secondary N) is 2. The maximum Gasteiger partial charge on any atom is 0.213 e. The van der Waals surface area contributed by atoms with Crippen molar-refractivity contribution in [3.05, 3.63) is 41.1 Å². The Kier molecular flexibility index (Phi) is 7.79. The van der Waals surface area contributed by atoms with E-state index in [9.17, 15) is 0 Å². The fourth-order valence-electron chi connectivity index (χ4n) is 3.11. The van der Waals surface area contributed by atoms with Crippen molar-refractivity contribution in [2.24, 2.45) is 4.99 Å². The summed E-state index contributed by atoms with van der Waals surface area (Å²) in [7, 11) is 3.42. The lowest BCUT2D eigenvalue weighted by atomic mass is 9.94. The molecular formula is C21H31IN4O3. The summed E-state index contributed by atoms with van der Waals surface area (Å²) in [4.78, 5) is 8.60. The molecule has 0 bridgehead atoms. The van der Waals surface area contributed by atoms with Gasteiger partial charge in [0.15, 0.2) is 5.96 Å². The van der Waals surface area contributed by atoms with Crippen LogP contribution in [0.25, 0.3) is 0 Å². The first-order valence-electron chi connectivity index (χ1n) is 9.56. The van der Waals surface area contributed by atoms with E-state index in [1.54, 1.807) is 20.4 Å². The summed E-state index contributed by atoms with van der Waals surface area (Å²) in [5.41, 5.74) is 2.15. The lowest BCUT2D eigenvalue weighted by Crippen LogP contribution is -2.36. The second kappa shape index (κ2) is 9.69. The maximum atomic E-state index is 5.87. The highest BCUT2D eigenvalue weighted by Crippen LogP contribution is 2.34. The van der Waals surface area contributed by atoms with Gasteiger partial charge < -0.3 is 24.5 Å². The lowest BCUT2D eigenvalue weighted by Gasteiger charge is -2.15. The average Bonchev–Trinajstić information content (AvgIpc) is 3.26. The summed E-state index contributed by atoms with van der Waals surface area (Å²) >= 11 is 0. The smallest absolute Gasteiger partial charge is 0.213 e. The Balaban J connectivity index is 0.00000300.